The lowest BCUT2D eigenvalue weighted by Crippen LogP contribution is -2.14. The molecule has 4 unspecified atom stereocenters. The standard InChI is InChI=1S/C15H28/c1-6-15(10(2)3)12(5)14(15)9-11(4)13-7-8-13/h10-14H,6-9H2,1-5H3. The van der Waals surface area contributed by atoms with E-state index in [4.69, 9.17) is 0 Å². The summed E-state index contributed by atoms with van der Waals surface area (Å²) in [6, 6.07) is 0. The molecule has 0 nitrogen and oxygen atoms in total. The van der Waals surface area contributed by atoms with Crippen LogP contribution in [0.3, 0.4) is 0 Å². The van der Waals surface area contributed by atoms with Gasteiger partial charge in [-0.05, 0) is 60.7 Å². The molecule has 15 heavy (non-hydrogen) atoms. The van der Waals surface area contributed by atoms with Gasteiger partial charge in [-0.2, -0.15) is 0 Å². The second-order valence-corrected chi connectivity index (χ2v) is 6.57. The first-order chi connectivity index (χ1) is 7.04. The van der Waals surface area contributed by atoms with Crippen LogP contribution in [0.1, 0.15) is 60.3 Å². The third kappa shape index (κ3) is 1.74. The Balaban J connectivity index is 1.93. The van der Waals surface area contributed by atoms with Crippen LogP contribution in [0.5, 0.6) is 0 Å². The van der Waals surface area contributed by atoms with Crippen molar-refractivity contribution in [3.8, 4) is 0 Å². The molecule has 0 N–H and O–H groups in total. The van der Waals surface area contributed by atoms with Crippen molar-refractivity contribution in [2.75, 3.05) is 0 Å². The van der Waals surface area contributed by atoms with Gasteiger partial charge in [0.15, 0.2) is 0 Å². The number of hydrogen-bond acceptors (Lipinski definition) is 0. The van der Waals surface area contributed by atoms with Gasteiger partial charge in [0, 0.05) is 0 Å². The average molecular weight is 208 g/mol. The molecule has 2 rings (SSSR count). The van der Waals surface area contributed by atoms with Gasteiger partial charge in [0.1, 0.15) is 0 Å². The van der Waals surface area contributed by atoms with E-state index in [9.17, 15) is 0 Å². The highest BCUT2D eigenvalue weighted by Crippen LogP contribution is 2.67. The highest BCUT2D eigenvalue weighted by Gasteiger charge is 2.61. The summed E-state index contributed by atoms with van der Waals surface area (Å²) in [4.78, 5) is 0. The molecule has 0 aromatic rings. The summed E-state index contributed by atoms with van der Waals surface area (Å²) in [7, 11) is 0. The van der Waals surface area contributed by atoms with Crippen molar-refractivity contribution in [2.45, 2.75) is 60.3 Å². The van der Waals surface area contributed by atoms with E-state index in [-0.39, 0.29) is 0 Å². The van der Waals surface area contributed by atoms with E-state index in [0.29, 0.717) is 5.41 Å². The molecule has 0 spiro atoms. The van der Waals surface area contributed by atoms with Crippen molar-refractivity contribution in [1.29, 1.82) is 0 Å². The molecule has 0 amide bonds. The van der Waals surface area contributed by atoms with Crippen LogP contribution in [0, 0.1) is 35.0 Å². The summed E-state index contributed by atoms with van der Waals surface area (Å²) < 4.78 is 0. The van der Waals surface area contributed by atoms with Gasteiger partial charge in [0.25, 0.3) is 0 Å². The van der Waals surface area contributed by atoms with Gasteiger partial charge in [-0.3, -0.25) is 0 Å². The summed E-state index contributed by atoms with van der Waals surface area (Å²) in [6.45, 7) is 12.2. The molecule has 0 aromatic carbocycles. The van der Waals surface area contributed by atoms with E-state index in [0.717, 1.165) is 29.6 Å². The zero-order chi connectivity index (χ0) is 11.2. The van der Waals surface area contributed by atoms with Crippen LogP contribution in [-0.2, 0) is 0 Å². The van der Waals surface area contributed by atoms with E-state index >= 15 is 0 Å². The zero-order valence-electron chi connectivity index (χ0n) is 11.2. The maximum absolute atomic E-state index is 2.49. The first-order valence-electron chi connectivity index (χ1n) is 7.04. The zero-order valence-corrected chi connectivity index (χ0v) is 11.2. The van der Waals surface area contributed by atoms with Crippen LogP contribution in [0.25, 0.3) is 0 Å². The van der Waals surface area contributed by atoms with Crippen molar-refractivity contribution in [3.63, 3.8) is 0 Å². The molecule has 4 atom stereocenters. The Kier molecular flexibility index (Phi) is 2.90. The lowest BCUT2D eigenvalue weighted by Gasteiger charge is -2.21. The number of rotatable bonds is 5. The highest BCUT2D eigenvalue weighted by atomic mass is 14.7. The second-order valence-electron chi connectivity index (χ2n) is 6.57. The van der Waals surface area contributed by atoms with Gasteiger partial charge in [-0.1, -0.05) is 34.6 Å². The SMILES string of the molecule is CCC1(C(C)C)C(C)C1CC(C)C1CC1. The lowest BCUT2D eigenvalue weighted by molar-refractivity contribution is 0.276. The van der Waals surface area contributed by atoms with Crippen molar-refractivity contribution >= 4 is 0 Å². The van der Waals surface area contributed by atoms with E-state index in [1.807, 2.05) is 0 Å². The van der Waals surface area contributed by atoms with Gasteiger partial charge in [-0.25, -0.2) is 0 Å². The molecule has 88 valence electrons. The van der Waals surface area contributed by atoms with E-state index in [2.05, 4.69) is 34.6 Å². The van der Waals surface area contributed by atoms with Crippen LogP contribution in [-0.4, -0.2) is 0 Å². The molecule has 0 radical (unpaired) electrons. The monoisotopic (exact) mass is 208 g/mol. The summed E-state index contributed by atoms with van der Waals surface area (Å²) in [6.07, 6.45) is 5.94. The number of hydrogen-bond donors (Lipinski definition) is 0. The maximum Gasteiger partial charge on any atom is -0.0217 e. The summed E-state index contributed by atoms with van der Waals surface area (Å²) in [5, 5.41) is 0. The van der Waals surface area contributed by atoms with Crippen LogP contribution in [0.15, 0.2) is 0 Å². The Morgan fingerprint density at radius 2 is 1.80 bits per heavy atom. The molecule has 0 aliphatic heterocycles. The second kappa shape index (κ2) is 3.79. The first kappa shape index (κ1) is 11.5. The van der Waals surface area contributed by atoms with Gasteiger partial charge < -0.3 is 0 Å². The quantitative estimate of drug-likeness (QED) is 0.612. The predicted molar refractivity (Wildman–Crippen MR) is 66.7 cm³/mol. The van der Waals surface area contributed by atoms with Crippen molar-refractivity contribution < 1.29 is 0 Å². The Hall–Kier alpha value is 0. The van der Waals surface area contributed by atoms with Crippen LogP contribution in [0.2, 0.25) is 0 Å². The largest absolute Gasteiger partial charge is 0.0648 e. The summed E-state index contributed by atoms with van der Waals surface area (Å²) in [5.41, 5.74) is 0.711. The van der Waals surface area contributed by atoms with E-state index in [1.165, 1.54) is 25.7 Å². The topological polar surface area (TPSA) is 0 Å². The maximum atomic E-state index is 2.49. The fourth-order valence-electron chi connectivity index (χ4n) is 4.38. The minimum absolute atomic E-state index is 0.711. The third-order valence-corrected chi connectivity index (χ3v) is 5.77. The smallest absolute Gasteiger partial charge is 0.0217 e. The van der Waals surface area contributed by atoms with Crippen LogP contribution in [0.4, 0.5) is 0 Å². The first-order valence-corrected chi connectivity index (χ1v) is 7.04. The summed E-state index contributed by atoms with van der Waals surface area (Å²) >= 11 is 0. The fraction of sp³-hybridized carbons (Fsp3) is 1.00. The molecule has 2 fully saturated rings. The Morgan fingerprint density at radius 3 is 2.13 bits per heavy atom. The molecule has 0 saturated heterocycles. The Morgan fingerprint density at radius 1 is 1.20 bits per heavy atom. The fourth-order valence-corrected chi connectivity index (χ4v) is 4.38. The third-order valence-electron chi connectivity index (χ3n) is 5.77. The Labute approximate surface area is 95.8 Å². The molecule has 0 heterocycles. The van der Waals surface area contributed by atoms with Gasteiger partial charge in [0.2, 0.25) is 0 Å². The van der Waals surface area contributed by atoms with Crippen molar-refractivity contribution in [2.24, 2.45) is 35.0 Å². The van der Waals surface area contributed by atoms with Crippen LogP contribution < -0.4 is 0 Å². The molecule has 2 saturated carbocycles. The van der Waals surface area contributed by atoms with Gasteiger partial charge in [-0.15, -0.1) is 0 Å². The lowest BCUT2D eigenvalue weighted by atomic mass is 9.83. The van der Waals surface area contributed by atoms with Crippen molar-refractivity contribution in [1.82, 2.24) is 0 Å². The predicted octanol–water partition coefficient (Wildman–Crippen LogP) is 4.74. The van der Waals surface area contributed by atoms with Crippen molar-refractivity contribution in [3.05, 3.63) is 0 Å². The average Bonchev–Trinajstić information content (AvgIpc) is 3.04. The molecule has 2 aliphatic rings. The summed E-state index contributed by atoms with van der Waals surface area (Å²) in [5.74, 6) is 5.01. The molecule has 0 bridgehead atoms. The molecular formula is C15H28. The van der Waals surface area contributed by atoms with E-state index in [1.54, 1.807) is 0 Å². The minimum atomic E-state index is 0.711. The molecular weight excluding hydrogens is 180 g/mol. The molecule has 0 aromatic heterocycles. The molecule has 0 heteroatoms. The van der Waals surface area contributed by atoms with E-state index < -0.39 is 0 Å². The van der Waals surface area contributed by atoms with Crippen LogP contribution >= 0.6 is 0 Å². The van der Waals surface area contributed by atoms with Gasteiger partial charge >= 0.3 is 0 Å². The molecule has 2 aliphatic carbocycles. The van der Waals surface area contributed by atoms with Gasteiger partial charge in [0.05, 0.1) is 0 Å². The minimum Gasteiger partial charge on any atom is -0.0648 e. The Bertz CT molecular complexity index is 226. The highest BCUT2D eigenvalue weighted by molar-refractivity contribution is 5.09. The normalized spacial score (nSPS) is 42.0.